The van der Waals surface area contributed by atoms with Gasteiger partial charge in [0, 0.05) is 6.07 Å². The van der Waals surface area contributed by atoms with Crippen LogP contribution in [-0.4, -0.2) is 7.11 Å². The predicted molar refractivity (Wildman–Crippen MR) is 64.8 cm³/mol. The van der Waals surface area contributed by atoms with Gasteiger partial charge in [0.25, 0.3) is 0 Å². The number of hydrogen-bond acceptors (Lipinski definition) is 3. The quantitative estimate of drug-likeness (QED) is 0.588. The van der Waals surface area contributed by atoms with Crippen LogP contribution >= 0.6 is 0 Å². The van der Waals surface area contributed by atoms with Gasteiger partial charge in [0.2, 0.25) is 0 Å². The fraction of sp³-hybridized carbons (Fsp3) is 0.154. The first-order valence-electron chi connectivity index (χ1n) is 5.30. The highest BCUT2D eigenvalue weighted by molar-refractivity contribution is 5.41. The highest BCUT2D eigenvalue weighted by Gasteiger charge is 2.03. The van der Waals surface area contributed by atoms with E-state index in [2.05, 4.69) is 10.2 Å². The molecule has 0 N–H and O–H groups in total. The molecule has 0 aliphatic rings. The Morgan fingerprint density at radius 3 is 2.41 bits per heavy atom. The van der Waals surface area contributed by atoms with E-state index < -0.39 is 0 Å². The average Bonchev–Trinajstić information content (AvgIpc) is 2.38. The Morgan fingerprint density at radius 1 is 1.00 bits per heavy atom. The summed E-state index contributed by atoms with van der Waals surface area (Å²) in [6, 6.07) is 13.2. The van der Waals surface area contributed by atoms with Crippen molar-refractivity contribution in [3.63, 3.8) is 0 Å². The molecule has 86 valence electrons. The van der Waals surface area contributed by atoms with Crippen LogP contribution < -0.4 is 9.30 Å². The van der Waals surface area contributed by atoms with Crippen molar-refractivity contribution in [1.82, 2.24) is 0 Å². The normalized spacial score (nSPS) is 10.7. The molecule has 4 heteroatoms. The van der Waals surface area contributed by atoms with E-state index in [4.69, 9.17) is 4.74 Å². The first kappa shape index (κ1) is 11.3. The molecule has 0 aliphatic heterocycles. The van der Waals surface area contributed by atoms with E-state index in [0.29, 0.717) is 0 Å². The molecule has 2 rings (SSSR count). The molecule has 4 nitrogen and oxygen atoms in total. The SMILES string of the molecule is COc1ccc(/N=N/c2cccc[n+]2C)cc1. The lowest BCUT2D eigenvalue weighted by molar-refractivity contribution is -0.658. The number of azo groups is 1. The maximum atomic E-state index is 5.07. The summed E-state index contributed by atoms with van der Waals surface area (Å²) in [5.74, 6) is 1.62. The standard InChI is InChI=1S/C13H14N3O/c1-16-10-4-3-5-13(16)15-14-11-6-8-12(17-2)9-7-11/h3-10H,1-2H3/q+1. The Kier molecular flexibility index (Phi) is 3.45. The number of ether oxygens (including phenoxy) is 1. The van der Waals surface area contributed by atoms with E-state index in [1.807, 2.05) is 60.3 Å². The van der Waals surface area contributed by atoms with Crippen molar-refractivity contribution in [2.24, 2.45) is 17.3 Å². The van der Waals surface area contributed by atoms with Crippen LogP contribution in [0.3, 0.4) is 0 Å². The van der Waals surface area contributed by atoms with E-state index in [0.717, 1.165) is 17.3 Å². The van der Waals surface area contributed by atoms with Crippen LogP contribution in [0.4, 0.5) is 11.5 Å². The summed E-state index contributed by atoms with van der Waals surface area (Å²) in [6.07, 6.45) is 1.93. The molecule has 0 radical (unpaired) electrons. The number of methoxy groups -OCH3 is 1. The monoisotopic (exact) mass is 228 g/mol. The Labute approximate surface area is 100 Å². The van der Waals surface area contributed by atoms with Crippen molar-refractivity contribution in [2.75, 3.05) is 7.11 Å². The third-order valence-corrected chi connectivity index (χ3v) is 2.37. The second-order valence-corrected chi connectivity index (χ2v) is 3.57. The maximum absolute atomic E-state index is 5.07. The molecular formula is C13H14N3O+. The van der Waals surface area contributed by atoms with Crippen molar-refractivity contribution in [3.05, 3.63) is 48.7 Å². The molecule has 0 aliphatic carbocycles. The van der Waals surface area contributed by atoms with Gasteiger partial charge >= 0.3 is 5.82 Å². The van der Waals surface area contributed by atoms with E-state index in [-0.39, 0.29) is 0 Å². The van der Waals surface area contributed by atoms with Crippen molar-refractivity contribution in [1.29, 1.82) is 0 Å². The number of aryl methyl sites for hydroxylation is 1. The fourth-order valence-electron chi connectivity index (χ4n) is 1.38. The zero-order valence-electron chi connectivity index (χ0n) is 9.87. The Hall–Kier alpha value is -2.23. The van der Waals surface area contributed by atoms with Crippen LogP contribution in [-0.2, 0) is 7.05 Å². The molecule has 1 heterocycles. The Morgan fingerprint density at radius 2 is 1.76 bits per heavy atom. The summed E-state index contributed by atoms with van der Waals surface area (Å²) in [5, 5.41) is 8.34. The summed E-state index contributed by atoms with van der Waals surface area (Å²) in [6.45, 7) is 0. The van der Waals surface area contributed by atoms with Gasteiger partial charge in [0.05, 0.1) is 25.5 Å². The number of pyridine rings is 1. The van der Waals surface area contributed by atoms with Gasteiger partial charge < -0.3 is 4.74 Å². The second kappa shape index (κ2) is 5.21. The minimum Gasteiger partial charge on any atom is -0.497 e. The summed E-state index contributed by atoms with van der Waals surface area (Å²) in [4.78, 5) is 0. The lowest BCUT2D eigenvalue weighted by Gasteiger charge is -1.96. The topological polar surface area (TPSA) is 37.8 Å². The summed E-state index contributed by atoms with van der Waals surface area (Å²) < 4.78 is 6.98. The smallest absolute Gasteiger partial charge is 0.350 e. The van der Waals surface area contributed by atoms with Crippen LogP contribution in [0.1, 0.15) is 0 Å². The molecule has 0 unspecified atom stereocenters. The van der Waals surface area contributed by atoms with E-state index in [9.17, 15) is 0 Å². The zero-order chi connectivity index (χ0) is 12.1. The van der Waals surface area contributed by atoms with Crippen molar-refractivity contribution >= 4 is 11.5 Å². The molecule has 2 aromatic rings. The lowest BCUT2D eigenvalue weighted by Crippen LogP contribution is -2.26. The molecule has 0 bridgehead atoms. The lowest BCUT2D eigenvalue weighted by atomic mass is 10.3. The predicted octanol–water partition coefficient (Wildman–Crippen LogP) is 2.94. The van der Waals surface area contributed by atoms with Gasteiger partial charge in [-0.2, -0.15) is 0 Å². The minimum atomic E-state index is 0.801. The largest absolute Gasteiger partial charge is 0.497 e. The molecule has 1 aromatic carbocycles. The molecule has 1 aromatic heterocycles. The van der Waals surface area contributed by atoms with E-state index >= 15 is 0 Å². The van der Waals surface area contributed by atoms with Crippen molar-refractivity contribution in [3.8, 4) is 5.75 Å². The third kappa shape index (κ3) is 2.87. The highest BCUT2D eigenvalue weighted by atomic mass is 16.5. The molecule has 0 fully saturated rings. The van der Waals surface area contributed by atoms with Gasteiger partial charge in [-0.25, -0.2) is 4.57 Å². The van der Waals surface area contributed by atoms with E-state index in [1.54, 1.807) is 7.11 Å². The number of aromatic nitrogens is 1. The van der Waals surface area contributed by atoms with Gasteiger partial charge in [-0.3, -0.25) is 0 Å². The third-order valence-electron chi connectivity index (χ3n) is 2.37. The van der Waals surface area contributed by atoms with Gasteiger partial charge in [0.15, 0.2) is 0 Å². The van der Waals surface area contributed by atoms with Crippen LogP contribution in [0.2, 0.25) is 0 Å². The number of hydrogen-bond donors (Lipinski definition) is 0. The molecule has 17 heavy (non-hydrogen) atoms. The zero-order valence-corrected chi connectivity index (χ0v) is 9.87. The van der Waals surface area contributed by atoms with Crippen LogP contribution in [0, 0.1) is 0 Å². The molecule has 0 saturated heterocycles. The van der Waals surface area contributed by atoms with E-state index in [1.165, 1.54) is 0 Å². The maximum Gasteiger partial charge on any atom is 0.350 e. The summed E-state index contributed by atoms with van der Waals surface area (Å²) >= 11 is 0. The first-order valence-corrected chi connectivity index (χ1v) is 5.30. The molecule has 0 amide bonds. The van der Waals surface area contributed by atoms with Gasteiger partial charge in [0.1, 0.15) is 11.4 Å². The second-order valence-electron chi connectivity index (χ2n) is 3.57. The Balaban J connectivity index is 2.17. The molecular weight excluding hydrogens is 214 g/mol. The number of rotatable bonds is 3. The van der Waals surface area contributed by atoms with Crippen LogP contribution in [0.5, 0.6) is 5.75 Å². The van der Waals surface area contributed by atoms with Gasteiger partial charge in [-0.1, -0.05) is 6.07 Å². The highest BCUT2D eigenvalue weighted by Crippen LogP contribution is 2.19. The molecule has 0 spiro atoms. The number of benzene rings is 1. The Bertz CT molecular complexity index is 520. The average molecular weight is 228 g/mol. The van der Waals surface area contributed by atoms with Gasteiger partial charge in [-0.05, 0) is 35.4 Å². The summed E-state index contributed by atoms with van der Waals surface area (Å²) in [5.41, 5.74) is 0.801. The summed E-state index contributed by atoms with van der Waals surface area (Å²) in [7, 11) is 3.57. The molecule has 0 saturated carbocycles. The van der Waals surface area contributed by atoms with Crippen LogP contribution in [0.25, 0.3) is 0 Å². The fourth-order valence-corrected chi connectivity index (χ4v) is 1.38. The van der Waals surface area contributed by atoms with Crippen molar-refractivity contribution < 1.29 is 9.30 Å². The number of nitrogens with zero attached hydrogens (tertiary/aromatic N) is 3. The minimum absolute atomic E-state index is 0.801. The molecule has 0 atom stereocenters. The van der Waals surface area contributed by atoms with Gasteiger partial charge in [-0.15, -0.1) is 0 Å². The van der Waals surface area contributed by atoms with Crippen molar-refractivity contribution in [2.45, 2.75) is 0 Å². The van der Waals surface area contributed by atoms with Crippen LogP contribution in [0.15, 0.2) is 58.9 Å². The first-order chi connectivity index (χ1) is 8.29.